The number of para-hydroxylation sites is 3. The predicted octanol–water partition coefficient (Wildman–Crippen LogP) is 17.7. The van der Waals surface area contributed by atoms with Gasteiger partial charge in [-0.25, -0.2) is 0 Å². The van der Waals surface area contributed by atoms with E-state index in [0.29, 0.717) is 0 Å². The van der Waals surface area contributed by atoms with Crippen molar-refractivity contribution < 1.29 is 0 Å². The van der Waals surface area contributed by atoms with Gasteiger partial charge >= 0.3 is 0 Å². The van der Waals surface area contributed by atoms with Gasteiger partial charge in [-0.1, -0.05) is 212 Å². The Kier molecular flexibility index (Phi) is 9.89. The van der Waals surface area contributed by atoms with Gasteiger partial charge in [-0.3, -0.25) is 0 Å². The lowest BCUT2D eigenvalue weighted by atomic mass is 9.90. The fourth-order valence-corrected chi connectivity index (χ4v) is 9.94. The average Bonchev–Trinajstić information content (AvgIpc) is 3.74. The van der Waals surface area contributed by atoms with Crippen LogP contribution in [-0.2, 0) is 0 Å². The van der Waals surface area contributed by atoms with E-state index in [1.54, 1.807) is 0 Å². The summed E-state index contributed by atoms with van der Waals surface area (Å²) in [7, 11) is 0. The molecule has 0 saturated heterocycles. The standard InChI is InChI=1S/C64H44N2/c1-4-17-45(18-5-1)46-33-35-47(36-34-46)48-37-41-53(42-38-48)65(60-30-12-10-25-57(60)58-29-15-22-51-21-14-27-55(63(51)58)49-19-6-2-7-20-49)54-43-39-50(40-44-54)56-28-16-32-62-64(56)59-26-11-13-31-61(59)66(62)52-23-8-3-9-24-52/h1-44H. The van der Waals surface area contributed by atoms with Crippen molar-refractivity contribution in [2.75, 3.05) is 4.90 Å². The Morgan fingerprint density at radius 3 is 1.33 bits per heavy atom. The third kappa shape index (κ3) is 6.93. The van der Waals surface area contributed by atoms with Crippen molar-refractivity contribution in [3.63, 3.8) is 0 Å². The van der Waals surface area contributed by atoms with E-state index < -0.39 is 0 Å². The van der Waals surface area contributed by atoms with Gasteiger partial charge in [0.25, 0.3) is 0 Å². The quantitative estimate of drug-likeness (QED) is 0.141. The van der Waals surface area contributed by atoms with Crippen molar-refractivity contribution in [2.45, 2.75) is 0 Å². The maximum absolute atomic E-state index is 2.42. The largest absolute Gasteiger partial charge is 0.310 e. The Bertz CT molecular complexity index is 3640. The Balaban J connectivity index is 1.00. The molecule has 0 aliphatic carbocycles. The van der Waals surface area contributed by atoms with Gasteiger partial charge in [-0.15, -0.1) is 0 Å². The Hall–Kier alpha value is -8.72. The molecule has 0 fully saturated rings. The smallest absolute Gasteiger partial charge is 0.0547 e. The number of hydrogen-bond donors (Lipinski definition) is 0. The minimum Gasteiger partial charge on any atom is -0.310 e. The van der Waals surface area contributed by atoms with Crippen molar-refractivity contribution >= 4 is 49.6 Å². The molecule has 0 radical (unpaired) electrons. The van der Waals surface area contributed by atoms with Crippen LogP contribution in [0.5, 0.6) is 0 Å². The molecule has 1 aromatic heterocycles. The molecule has 0 bridgehead atoms. The maximum atomic E-state index is 2.42. The van der Waals surface area contributed by atoms with Crippen LogP contribution in [-0.4, -0.2) is 4.57 Å². The molecular weight excluding hydrogens is 797 g/mol. The zero-order chi connectivity index (χ0) is 43.8. The molecule has 12 rings (SSSR count). The molecule has 310 valence electrons. The second kappa shape index (κ2) is 16.8. The third-order valence-electron chi connectivity index (χ3n) is 13.0. The summed E-state index contributed by atoms with van der Waals surface area (Å²) in [5.74, 6) is 0. The average molecular weight is 841 g/mol. The highest BCUT2D eigenvalue weighted by Crippen LogP contribution is 2.46. The van der Waals surface area contributed by atoms with E-state index in [1.807, 2.05) is 0 Å². The van der Waals surface area contributed by atoms with Gasteiger partial charge in [0.05, 0.1) is 16.7 Å². The number of aromatic nitrogens is 1. The SMILES string of the molecule is c1ccc(-c2ccc(-c3ccc(N(c4ccc(-c5cccc6c5c5ccccc5n6-c5ccccc5)cc4)c4ccccc4-c4cccc5cccc(-c6ccccc6)c45)cc3)cc2)cc1. The van der Waals surface area contributed by atoms with Crippen LogP contribution < -0.4 is 4.90 Å². The monoisotopic (exact) mass is 840 g/mol. The number of benzene rings is 11. The molecule has 0 spiro atoms. The van der Waals surface area contributed by atoms with Gasteiger partial charge in [-0.2, -0.15) is 0 Å². The number of anilines is 3. The van der Waals surface area contributed by atoms with Gasteiger partial charge in [-0.05, 0) is 115 Å². The molecular formula is C64H44N2. The highest BCUT2D eigenvalue weighted by molar-refractivity contribution is 6.16. The van der Waals surface area contributed by atoms with Crippen molar-refractivity contribution in [1.29, 1.82) is 0 Å². The van der Waals surface area contributed by atoms with Gasteiger partial charge in [0.2, 0.25) is 0 Å². The summed E-state index contributed by atoms with van der Waals surface area (Å²) in [6.45, 7) is 0. The highest BCUT2D eigenvalue weighted by atomic mass is 15.1. The van der Waals surface area contributed by atoms with Crippen LogP contribution in [0.25, 0.3) is 93.9 Å². The van der Waals surface area contributed by atoms with Crippen LogP contribution in [0.3, 0.4) is 0 Å². The molecule has 2 nitrogen and oxygen atoms in total. The van der Waals surface area contributed by atoms with Crippen LogP contribution in [0, 0.1) is 0 Å². The molecule has 0 N–H and O–H groups in total. The van der Waals surface area contributed by atoms with Gasteiger partial charge < -0.3 is 9.47 Å². The van der Waals surface area contributed by atoms with Crippen molar-refractivity contribution in [3.8, 4) is 61.3 Å². The van der Waals surface area contributed by atoms with Crippen molar-refractivity contribution in [1.82, 2.24) is 4.57 Å². The van der Waals surface area contributed by atoms with E-state index in [9.17, 15) is 0 Å². The summed E-state index contributed by atoms with van der Waals surface area (Å²) in [4.78, 5) is 2.42. The maximum Gasteiger partial charge on any atom is 0.0547 e. The molecule has 0 aliphatic heterocycles. The van der Waals surface area contributed by atoms with Crippen LogP contribution in [0.2, 0.25) is 0 Å². The van der Waals surface area contributed by atoms with Crippen LogP contribution in [0.15, 0.2) is 267 Å². The molecule has 11 aromatic carbocycles. The Morgan fingerprint density at radius 2 is 0.682 bits per heavy atom. The molecule has 66 heavy (non-hydrogen) atoms. The molecule has 0 unspecified atom stereocenters. The van der Waals surface area contributed by atoms with Crippen LogP contribution >= 0.6 is 0 Å². The third-order valence-corrected chi connectivity index (χ3v) is 13.0. The van der Waals surface area contributed by atoms with E-state index in [0.717, 1.165) is 28.3 Å². The van der Waals surface area contributed by atoms with Gasteiger partial charge in [0, 0.05) is 33.4 Å². The second-order valence-electron chi connectivity index (χ2n) is 16.9. The van der Waals surface area contributed by atoms with Crippen molar-refractivity contribution in [2.24, 2.45) is 0 Å². The van der Waals surface area contributed by atoms with E-state index in [1.165, 1.54) is 82.6 Å². The number of hydrogen-bond acceptors (Lipinski definition) is 1. The lowest BCUT2D eigenvalue weighted by Crippen LogP contribution is -2.11. The van der Waals surface area contributed by atoms with Gasteiger partial charge in [0.15, 0.2) is 0 Å². The topological polar surface area (TPSA) is 8.17 Å². The van der Waals surface area contributed by atoms with E-state index in [2.05, 4.69) is 276 Å². The lowest BCUT2D eigenvalue weighted by molar-refractivity contribution is 1.18. The Labute approximate surface area is 385 Å². The molecule has 0 atom stereocenters. The van der Waals surface area contributed by atoms with Crippen LogP contribution in [0.4, 0.5) is 17.1 Å². The fraction of sp³-hybridized carbons (Fsp3) is 0. The highest BCUT2D eigenvalue weighted by Gasteiger charge is 2.21. The molecule has 0 aliphatic rings. The second-order valence-corrected chi connectivity index (χ2v) is 16.9. The summed E-state index contributed by atoms with van der Waals surface area (Å²) in [5.41, 5.74) is 18.8. The van der Waals surface area contributed by atoms with Crippen LogP contribution in [0.1, 0.15) is 0 Å². The molecule has 12 aromatic rings. The number of fused-ring (bicyclic) bond motifs is 4. The van der Waals surface area contributed by atoms with Gasteiger partial charge in [0.1, 0.15) is 0 Å². The fourth-order valence-electron chi connectivity index (χ4n) is 9.94. The van der Waals surface area contributed by atoms with Crippen molar-refractivity contribution in [3.05, 3.63) is 267 Å². The minimum atomic E-state index is 1.08. The molecule has 0 amide bonds. The molecule has 2 heteroatoms. The number of nitrogens with zero attached hydrogens (tertiary/aromatic N) is 2. The minimum absolute atomic E-state index is 1.08. The molecule has 1 heterocycles. The summed E-state index contributed by atoms with van der Waals surface area (Å²) < 4.78 is 2.39. The first-order valence-electron chi connectivity index (χ1n) is 22.7. The normalized spacial score (nSPS) is 11.3. The van der Waals surface area contributed by atoms with E-state index in [4.69, 9.17) is 0 Å². The summed E-state index contributed by atoms with van der Waals surface area (Å²) in [6, 6.07) is 96.8. The Morgan fingerprint density at radius 1 is 0.258 bits per heavy atom. The summed E-state index contributed by atoms with van der Waals surface area (Å²) in [6.07, 6.45) is 0. The van der Waals surface area contributed by atoms with E-state index in [-0.39, 0.29) is 0 Å². The lowest BCUT2D eigenvalue weighted by Gasteiger charge is -2.29. The predicted molar refractivity (Wildman–Crippen MR) is 280 cm³/mol. The summed E-state index contributed by atoms with van der Waals surface area (Å²) in [5, 5.41) is 4.95. The zero-order valence-corrected chi connectivity index (χ0v) is 36.3. The summed E-state index contributed by atoms with van der Waals surface area (Å²) >= 11 is 0. The first kappa shape index (κ1) is 38.9. The zero-order valence-electron chi connectivity index (χ0n) is 36.3. The first-order valence-corrected chi connectivity index (χ1v) is 22.7. The van der Waals surface area contributed by atoms with E-state index >= 15 is 0 Å². The molecule has 0 saturated carbocycles. The first-order chi connectivity index (χ1) is 32.8. The number of rotatable bonds is 9.